The number of carbonyl (C=O) groups excluding carboxylic acids is 1. The Kier molecular flexibility index (Phi) is 5.09. The molecule has 0 radical (unpaired) electrons. The zero-order valence-electron chi connectivity index (χ0n) is 12.3. The second kappa shape index (κ2) is 6.48. The smallest absolute Gasteiger partial charge is 0.254 e. The summed E-state index contributed by atoms with van der Waals surface area (Å²) in [5.74, 6) is 0.480. The number of hydrogen-bond donors (Lipinski definition) is 0. The van der Waals surface area contributed by atoms with E-state index < -0.39 is 9.84 Å². The SMILES string of the molecule is CC(C)CN(C(=O)c1ccc(Br)cc1)[C@@H]1CCS(=O)(=O)C1. The van der Waals surface area contributed by atoms with Crippen molar-refractivity contribution in [1.82, 2.24) is 4.90 Å². The predicted molar refractivity (Wildman–Crippen MR) is 87.1 cm³/mol. The van der Waals surface area contributed by atoms with Crippen LogP contribution in [-0.4, -0.2) is 43.3 Å². The third-order valence-electron chi connectivity index (χ3n) is 3.56. The number of nitrogens with zero attached hydrogens (tertiary/aromatic N) is 1. The molecule has 0 spiro atoms. The third-order valence-corrected chi connectivity index (χ3v) is 5.84. The van der Waals surface area contributed by atoms with Crippen LogP contribution in [0.25, 0.3) is 0 Å². The van der Waals surface area contributed by atoms with Gasteiger partial charge >= 0.3 is 0 Å². The van der Waals surface area contributed by atoms with Gasteiger partial charge in [-0.2, -0.15) is 0 Å². The molecule has 1 aromatic rings. The average Bonchev–Trinajstić information content (AvgIpc) is 2.76. The van der Waals surface area contributed by atoms with Gasteiger partial charge in [0.25, 0.3) is 5.91 Å². The van der Waals surface area contributed by atoms with Crippen molar-refractivity contribution in [3.63, 3.8) is 0 Å². The molecule has 0 unspecified atom stereocenters. The van der Waals surface area contributed by atoms with E-state index in [0.29, 0.717) is 24.4 Å². The van der Waals surface area contributed by atoms with Crippen molar-refractivity contribution in [2.24, 2.45) is 5.92 Å². The second-order valence-electron chi connectivity index (χ2n) is 5.92. The van der Waals surface area contributed by atoms with Crippen molar-refractivity contribution in [1.29, 1.82) is 0 Å². The monoisotopic (exact) mass is 373 g/mol. The number of hydrogen-bond acceptors (Lipinski definition) is 3. The molecule has 0 bridgehead atoms. The molecule has 1 aromatic carbocycles. The fourth-order valence-electron chi connectivity index (χ4n) is 2.57. The summed E-state index contributed by atoms with van der Waals surface area (Å²) in [5.41, 5.74) is 0.600. The number of amides is 1. The van der Waals surface area contributed by atoms with Gasteiger partial charge in [0.1, 0.15) is 0 Å². The van der Waals surface area contributed by atoms with Crippen LogP contribution in [0, 0.1) is 5.92 Å². The molecule has 21 heavy (non-hydrogen) atoms. The van der Waals surface area contributed by atoms with Crippen LogP contribution in [-0.2, 0) is 9.84 Å². The lowest BCUT2D eigenvalue weighted by atomic mass is 10.1. The van der Waals surface area contributed by atoms with Crippen LogP contribution >= 0.6 is 15.9 Å². The molecule has 1 heterocycles. The molecule has 0 aromatic heterocycles. The van der Waals surface area contributed by atoms with E-state index in [0.717, 1.165) is 4.47 Å². The molecule has 0 N–H and O–H groups in total. The summed E-state index contributed by atoms with van der Waals surface area (Å²) < 4.78 is 24.3. The van der Waals surface area contributed by atoms with E-state index in [1.165, 1.54) is 0 Å². The van der Waals surface area contributed by atoms with Crippen LogP contribution in [0.5, 0.6) is 0 Å². The van der Waals surface area contributed by atoms with Gasteiger partial charge in [0.2, 0.25) is 0 Å². The minimum Gasteiger partial charge on any atom is -0.334 e. The lowest BCUT2D eigenvalue weighted by Crippen LogP contribution is -2.43. The van der Waals surface area contributed by atoms with Gasteiger partial charge in [0, 0.05) is 22.6 Å². The lowest BCUT2D eigenvalue weighted by molar-refractivity contribution is 0.0672. The Balaban J connectivity index is 2.23. The first-order chi connectivity index (χ1) is 9.78. The highest BCUT2D eigenvalue weighted by molar-refractivity contribution is 9.10. The molecule has 1 atom stereocenters. The fraction of sp³-hybridized carbons (Fsp3) is 0.533. The van der Waals surface area contributed by atoms with Gasteiger partial charge in [-0.15, -0.1) is 0 Å². The van der Waals surface area contributed by atoms with E-state index >= 15 is 0 Å². The summed E-state index contributed by atoms with van der Waals surface area (Å²) in [4.78, 5) is 14.4. The van der Waals surface area contributed by atoms with Crippen molar-refractivity contribution in [3.05, 3.63) is 34.3 Å². The van der Waals surface area contributed by atoms with E-state index in [1.54, 1.807) is 17.0 Å². The Morgan fingerprint density at radius 1 is 1.33 bits per heavy atom. The maximum atomic E-state index is 12.7. The topological polar surface area (TPSA) is 54.5 Å². The number of sulfone groups is 1. The van der Waals surface area contributed by atoms with Gasteiger partial charge in [-0.1, -0.05) is 29.8 Å². The van der Waals surface area contributed by atoms with Crippen LogP contribution in [0.4, 0.5) is 0 Å². The van der Waals surface area contributed by atoms with Gasteiger partial charge in [-0.3, -0.25) is 4.79 Å². The van der Waals surface area contributed by atoms with Crippen LogP contribution < -0.4 is 0 Å². The van der Waals surface area contributed by atoms with Gasteiger partial charge in [0.15, 0.2) is 9.84 Å². The molecule has 6 heteroatoms. The van der Waals surface area contributed by atoms with Crippen LogP contribution in [0.1, 0.15) is 30.6 Å². The third kappa shape index (κ3) is 4.30. The summed E-state index contributed by atoms with van der Waals surface area (Å²) in [6, 6.07) is 6.98. The van der Waals surface area contributed by atoms with Crippen molar-refractivity contribution in [2.45, 2.75) is 26.3 Å². The normalized spacial score (nSPS) is 20.7. The summed E-state index contributed by atoms with van der Waals surface area (Å²) >= 11 is 3.35. The Labute approximate surface area is 134 Å². The Morgan fingerprint density at radius 3 is 2.43 bits per heavy atom. The standard InChI is InChI=1S/C15H20BrNO3S/c1-11(2)9-17(14-7-8-21(19,20)10-14)15(18)12-3-5-13(16)6-4-12/h3-6,11,14H,7-10H2,1-2H3/t14-/m1/s1. The van der Waals surface area contributed by atoms with E-state index in [2.05, 4.69) is 15.9 Å². The number of benzene rings is 1. The maximum absolute atomic E-state index is 12.7. The van der Waals surface area contributed by atoms with Gasteiger partial charge in [-0.25, -0.2) is 8.42 Å². The maximum Gasteiger partial charge on any atom is 0.254 e. The van der Waals surface area contributed by atoms with E-state index in [4.69, 9.17) is 0 Å². The van der Waals surface area contributed by atoms with Crippen molar-refractivity contribution >= 4 is 31.7 Å². The summed E-state index contributed by atoms with van der Waals surface area (Å²) in [5, 5.41) is 0. The quantitative estimate of drug-likeness (QED) is 0.815. The van der Waals surface area contributed by atoms with Crippen molar-refractivity contribution in [2.75, 3.05) is 18.1 Å². The molecule has 1 aliphatic rings. The van der Waals surface area contributed by atoms with Crippen molar-refractivity contribution in [3.8, 4) is 0 Å². The molecular formula is C15H20BrNO3S. The number of carbonyl (C=O) groups is 1. The highest BCUT2D eigenvalue weighted by atomic mass is 79.9. The largest absolute Gasteiger partial charge is 0.334 e. The summed E-state index contributed by atoms with van der Waals surface area (Å²) in [6.45, 7) is 4.64. The molecule has 1 fully saturated rings. The molecule has 1 amide bonds. The molecule has 0 aliphatic carbocycles. The van der Waals surface area contributed by atoms with E-state index in [1.807, 2.05) is 26.0 Å². The zero-order valence-corrected chi connectivity index (χ0v) is 14.7. The van der Waals surface area contributed by atoms with Crippen LogP contribution in [0.3, 0.4) is 0 Å². The first kappa shape index (κ1) is 16.5. The minimum absolute atomic E-state index is 0.0849. The molecule has 1 saturated heterocycles. The van der Waals surface area contributed by atoms with Crippen molar-refractivity contribution < 1.29 is 13.2 Å². The van der Waals surface area contributed by atoms with E-state index in [-0.39, 0.29) is 23.5 Å². The summed E-state index contributed by atoms with van der Waals surface area (Å²) in [7, 11) is -3.00. The molecule has 2 rings (SSSR count). The Hall–Kier alpha value is -0.880. The zero-order chi connectivity index (χ0) is 15.6. The highest BCUT2D eigenvalue weighted by Gasteiger charge is 2.35. The Bertz CT molecular complexity index is 610. The van der Waals surface area contributed by atoms with E-state index in [9.17, 15) is 13.2 Å². The summed E-state index contributed by atoms with van der Waals surface area (Å²) in [6.07, 6.45) is 0.539. The van der Waals surface area contributed by atoms with Gasteiger partial charge < -0.3 is 4.90 Å². The first-order valence-corrected chi connectivity index (χ1v) is 9.67. The van der Waals surface area contributed by atoms with Crippen LogP contribution in [0.15, 0.2) is 28.7 Å². The fourth-order valence-corrected chi connectivity index (χ4v) is 4.57. The average molecular weight is 374 g/mol. The van der Waals surface area contributed by atoms with Crippen LogP contribution in [0.2, 0.25) is 0 Å². The Morgan fingerprint density at radius 2 is 1.95 bits per heavy atom. The number of rotatable bonds is 4. The molecule has 116 valence electrons. The first-order valence-electron chi connectivity index (χ1n) is 7.05. The molecule has 1 aliphatic heterocycles. The highest BCUT2D eigenvalue weighted by Crippen LogP contribution is 2.22. The van der Waals surface area contributed by atoms with Gasteiger partial charge in [-0.05, 0) is 36.6 Å². The molecule has 4 nitrogen and oxygen atoms in total. The lowest BCUT2D eigenvalue weighted by Gasteiger charge is -2.30. The van der Waals surface area contributed by atoms with Gasteiger partial charge in [0.05, 0.1) is 11.5 Å². The molecule has 0 saturated carbocycles. The molecular weight excluding hydrogens is 354 g/mol. The predicted octanol–water partition coefficient (Wildman–Crippen LogP) is 2.73. The number of halogens is 1. The second-order valence-corrected chi connectivity index (χ2v) is 9.06. The minimum atomic E-state index is -3.00.